The van der Waals surface area contributed by atoms with E-state index in [0.717, 1.165) is 5.01 Å². The molecule has 1 aromatic heterocycles. The Hall–Kier alpha value is -1.47. The number of nitrogens with zero attached hydrogens (tertiary/aromatic N) is 1. The van der Waals surface area contributed by atoms with Crippen molar-refractivity contribution in [3.63, 3.8) is 0 Å². The van der Waals surface area contributed by atoms with Crippen LogP contribution in [0.15, 0.2) is 28.2 Å². The summed E-state index contributed by atoms with van der Waals surface area (Å²) >= 11 is 4.62. The van der Waals surface area contributed by atoms with Gasteiger partial charge in [0.05, 0.1) is 16.8 Å². The van der Waals surface area contributed by atoms with Crippen LogP contribution in [0.5, 0.6) is 0 Å². The Bertz CT molecular complexity index is 643. The maximum absolute atomic E-state index is 13.3. The number of nitrogens with two attached hydrogens (primary N) is 1. The monoisotopic (exact) mass is 357 g/mol. The first-order valence-electron chi connectivity index (χ1n) is 5.78. The number of halogens is 2. The molecule has 106 valence electrons. The van der Waals surface area contributed by atoms with E-state index in [9.17, 15) is 9.18 Å². The minimum Gasteiger partial charge on any atom is -0.396 e. The summed E-state index contributed by atoms with van der Waals surface area (Å²) < 4.78 is 13.6. The zero-order valence-electron chi connectivity index (χ0n) is 10.9. The molecule has 3 N–H and O–H groups in total. The van der Waals surface area contributed by atoms with Crippen LogP contribution >= 0.6 is 27.3 Å². The van der Waals surface area contributed by atoms with Gasteiger partial charge in [-0.3, -0.25) is 4.79 Å². The van der Waals surface area contributed by atoms with Gasteiger partial charge < -0.3 is 11.1 Å². The first-order chi connectivity index (χ1) is 9.31. The van der Waals surface area contributed by atoms with Gasteiger partial charge in [0.2, 0.25) is 0 Å². The third-order valence-electron chi connectivity index (χ3n) is 2.72. The minimum atomic E-state index is -0.617. The number of thiazole rings is 1. The fraction of sp³-hybridized carbons (Fsp3) is 0.231. The molecule has 0 unspecified atom stereocenters. The highest BCUT2D eigenvalue weighted by Crippen LogP contribution is 2.26. The van der Waals surface area contributed by atoms with Crippen LogP contribution in [0.1, 0.15) is 29.2 Å². The molecule has 20 heavy (non-hydrogen) atoms. The number of anilines is 1. The van der Waals surface area contributed by atoms with Crippen LogP contribution in [-0.4, -0.2) is 10.9 Å². The van der Waals surface area contributed by atoms with Gasteiger partial charge in [-0.15, -0.1) is 11.3 Å². The number of rotatable bonds is 3. The van der Waals surface area contributed by atoms with Gasteiger partial charge in [-0.25, -0.2) is 9.37 Å². The number of benzene rings is 1. The molecule has 0 aliphatic carbocycles. The van der Waals surface area contributed by atoms with E-state index in [1.807, 2.05) is 19.2 Å². The van der Waals surface area contributed by atoms with Crippen molar-refractivity contribution in [1.29, 1.82) is 0 Å². The van der Waals surface area contributed by atoms with Crippen molar-refractivity contribution in [3.8, 4) is 0 Å². The van der Waals surface area contributed by atoms with Crippen LogP contribution in [-0.2, 0) is 5.54 Å². The van der Waals surface area contributed by atoms with E-state index >= 15 is 0 Å². The fourth-order valence-electron chi connectivity index (χ4n) is 1.68. The average Bonchev–Trinajstić information content (AvgIpc) is 2.87. The summed E-state index contributed by atoms with van der Waals surface area (Å²) in [4.78, 5) is 16.5. The first-order valence-corrected chi connectivity index (χ1v) is 7.45. The Balaban J connectivity index is 2.27. The van der Waals surface area contributed by atoms with Crippen LogP contribution < -0.4 is 11.1 Å². The lowest BCUT2D eigenvalue weighted by atomic mass is 10.1. The quantitative estimate of drug-likeness (QED) is 0.828. The number of nitrogens with one attached hydrogen (secondary N) is 1. The zero-order chi connectivity index (χ0) is 14.9. The summed E-state index contributed by atoms with van der Waals surface area (Å²) in [7, 11) is 0. The van der Waals surface area contributed by atoms with Gasteiger partial charge in [-0.1, -0.05) is 0 Å². The highest BCUT2D eigenvalue weighted by molar-refractivity contribution is 9.10. The number of carbonyl (C=O) groups is 1. The predicted octanol–water partition coefficient (Wildman–Crippen LogP) is 3.29. The molecule has 0 atom stereocenters. The van der Waals surface area contributed by atoms with Gasteiger partial charge in [-0.05, 0) is 41.9 Å². The molecule has 7 heteroatoms. The molecule has 1 amide bonds. The maximum atomic E-state index is 13.3. The average molecular weight is 358 g/mol. The molecule has 2 aromatic rings. The van der Waals surface area contributed by atoms with Gasteiger partial charge in [-0.2, -0.15) is 0 Å². The fourth-order valence-corrected chi connectivity index (χ4v) is 2.89. The summed E-state index contributed by atoms with van der Waals surface area (Å²) in [6.45, 7) is 3.70. The Morgan fingerprint density at radius 1 is 1.50 bits per heavy atom. The summed E-state index contributed by atoms with van der Waals surface area (Å²) in [5.74, 6) is -0.906. The SMILES string of the molecule is CC(C)(NC(=O)c1cc(N)c(F)cc1Br)c1nccs1. The molecule has 1 heterocycles. The molecule has 1 aromatic carbocycles. The third kappa shape index (κ3) is 2.99. The van der Waals surface area contributed by atoms with Crippen molar-refractivity contribution in [3.05, 3.63) is 44.6 Å². The predicted molar refractivity (Wildman–Crippen MR) is 81.1 cm³/mol. The Morgan fingerprint density at radius 2 is 2.20 bits per heavy atom. The molecule has 0 fully saturated rings. The molecule has 0 bridgehead atoms. The highest BCUT2D eigenvalue weighted by atomic mass is 79.9. The smallest absolute Gasteiger partial charge is 0.253 e. The van der Waals surface area contributed by atoms with Gasteiger partial charge in [0.25, 0.3) is 5.91 Å². The molecule has 4 nitrogen and oxygen atoms in total. The van der Waals surface area contributed by atoms with Crippen molar-refractivity contribution in [1.82, 2.24) is 10.3 Å². The topological polar surface area (TPSA) is 68.0 Å². The molecular weight excluding hydrogens is 345 g/mol. The number of amides is 1. The van der Waals surface area contributed by atoms with Gasteiger partial charge >= 0.3 is 0 Å². The Morgan fingerprint density at radius 3 is 2.80 bits per heavy atom. The third-order valence-corrected chi connectivity index (χ3v) is 4.48. The summed E-state index contributed by atoms with van der Waals surface area (Å²) in [5.41, 5.74) is 5.10. The number of hydrogen-bond donors (Lipinski definition) is 2. The van der Waals surface area contributed by atoms with Gasteiger partial charge in [0.1, 0.15) is 10.8 Å². The van der Waals surface area contributed by atoms with Gasteiger partial charge in [0, 0.05) is 16.0 Å². The number of nitrogen functional groups attached to an aromatic ring is 1. The number of hydrogen-bond acceptors (Lipinski definition) is 4. The van der Waals surface area contributed by atoms with E-state index in [4.69, 9.17) is 5.73 Å². The van der Waals surface area contributed by atoms with Crippen LogP contribution in [0.2, 0.25) is 0 Å². The zero-order valence-corrected chi connectivity index (χ0v) is 13.3. The number of aromatic nitrogens is 1. The molecule has 0 saturated carbocycles. The van der Waals surface area contributed by atoms with E-state index in [1.54, 1.807) is 6.20 Å². The normalized spacial score (nSPS) is 11.4. The largest absolute Gasteiger partial charge is 0.396 e. The Labute approximate surface area is 128 Å². The van der Waals surface area contributed by atoms with E-state index < -0.39 is 11.4 Å². The lowest BCUT2D eigenvalue weighted by molar-refractivity contribution is 0.0911. The van der Waals surface area contributed by atoms with Crippen molar-refractivity contribution < 1.29 is 9.18 Å². The molecule has 0 aliphatic heterocycles. The summed E-state index contributed by atoms with van der Waals surface area (Å²) in [6.07, 6.45) is 1.68. The lowest BCUT2D eigenvalue weighted by Crippen LogP contribution is -2.41. The molecule has 0 aliphatic rings. The van der Waals surface area contributed by atoms with Gasteiger partial charge in [0.15, 0.2) is 0 Å². The second-order valence-electron chi connectivity index (χ2n) is 4.77. The maximum Gasteiger partial charge on any atom is 0.253 e. The van der Waals surface area contributed by atoms with E-state index in [1.165, 1.54) is 23.5 Å². The van der Waals surface area contributed by atoms with Crippen LogP contribution in [0, 0.1) is 5.82 Å². The van der Waals surface area contributed by atoms with E-state index in [-0.39, 0.29) is 17.2 Å². The second kappa shape index (κ2) is 5.49. The second-order valence-corrected chi connectivity index (χ2v) is 6.52. The van der Waals surface area contributed by atoms with Crippen molar-refractivity contribution in [2.24, 2.45) is 0 Å². The first kappa shape index (κ1) is 14.9. The molecule has 2 rings (SSSR count). The summed E-state index contributed by atoms with van der Waals surface area (Å²) in [6, 6.07) is 2.49. The van der Waals surface area contributed by atoms with Crippen LogP contribution in [0.3, 0.4) is 0 Å². The Kier molecular flexibility index (Phi) is 4.10. The summed E-state index contributed by atoms with van der Waals surface area (Å²) in [5, 5.41) is 5.49. The minimum absolute atomic E-state index is 0.0644. The van der Waals surface area contributed by atoms with Crippen molar-refractivity contribution in [2.75, 3.05) is 5.73 Å². The number of carbonyl (C=O) groups excluding carboxylic acids is 1. The van der Waals surface area contributed by atoms with Crippen LogP contribution in [0.4, 0.5) is 10.1 Å². The molecular formula is C13H13BrFN3OS. The van der Waals surface area contributed by atoms with E-state index in [0.29, 0.717) is 4.47 Å². The highest BCUT2D eigenvalue weighted by Gasteiger charge is 2.27. The van der Waals surface area contributed by atoms with E-state index in [2.05, 4.69) is 26.2 Å². The standard InChI is InChI=1S/C13H13BrFN3OS/c1-13(2,12-17-3-4-20-12)18-11(19)7-5-10(16)9(15)6-8(7)14/h3-6H,16H2,1-2H3,(H,18,19). The van der Waals surface area contributed by atoms with Crippen LogP contribution in [0.25, 0.3) is 0 Å². The lowest BCUT2D eigenvalue weighted by Gasteiger charge is -2.24. The molecule has 0 spiro atoms. The van der Waals surface area contributed by atoms with Crippen molar-refractivity contribution >= 4 is 38.9 Å². The molecule has 0 radical (unpaired) electrons. The van der Waals surface area contributed by atoms with Crippen molar-refractivity contribution in [2.45, 2.75) is 19.4 Å². The molecule has 0 saturated heterocycles.